The van der Waals surface area contributed by atoms with E-state index < -0.39 is 0 Å². The normalized spacial score (nSPS) is 9.90. The highest BCUT2D eigenvalue weighted by atomic mass is 127. The molecule has 2 N–H and O–H groups in total. The van der Waals surface area contributed by atoms with Gasteiger partial charge in [0.2, 0.25) is 0 Å². The van der Waals surface area contributed by atoms with Crippen molar-refractivity contribution in [3.05, 3.63) is 25.7 Å². The molecule has 0 amide bonds. The lowest BCUT2D eigenvalue weighted by atomic mass is 10.2. The Morgan fingerprint density at radius 1 is 1.50 bits per heavy atom. The number of benzene rings is 1. The highest BCUT2D eigenvalue weighted by Crippen LogP contribution is 2.26. The van der Waals surface area contributed by atoms with Crippen LogP contribution in [-0.2, 0) is 0 Å². The summed E-state index contributed by atoms with van der Waals surface area (Å²) in [5.74, 6) is 0. The minimum atomic E-state index is 0.810. The van der Waals surface area contributed by atoms with Gasteiger partial charge in [-0.2, -0.15) is 0 Å². The predicted molar refractivity (Wildman–Crippen MR) is 56.0 cm³/mol. The SMILES string of the molecule is Cc1cc(N)c(Br)c(I)c1. The van der Waals surface area contributed by atoms with Gasteiger partial charge in [0.15, 0.2) is 0 Å². The van der Waals surface area contributed by atoms with E-state index in [9.17, 15) is 0 Å². The highest BCUT2D eigenvalue weighted by Gasteiger charge is 1.99. The summed E-state index contributed by atoms with van der Waals surface area (Å²) in [6, 6.07) is 4.03. The molecule has 0 aliphatic heterocycles. The van der Waals surface area contributed by atoms with Gasteiger partial charge >= 0.3 is 0 Å². The molecule has 0 bridgehead atoms. The van der Waals surface area contributed by atoms with E-state index in [1.807, 2.05) is 13.0 Å². The minimum Gasteiger partial charge on any atom is -0.398 e. The molecule has 54 valence electrons. The van der Waals surface area contributed by atoms with Crippen LogP contribution >= 0.6 is 38.5 Å². The molecule has 0 saturated carbocycles. The van der Waals surface area contributed by atoms with Gasteiger partial charge in [-0.3, -0.25) is 0 Å². The third kappa shape index (κ3) is 1.63. The fourth-order valence-corrected chi connectivity index (χ4v) is 1.78. The summed E-state index contributed by atoms with van der Waals surface area (Å²) in [6.07, 6.45) is 0. The Morgan fingerprint density at radius 2 is 2.10 bits per heavy atom. The van der Waals surface area contributed by atoms with Gasteiger partial charge in [-0.05, 0) is 63.1 Å². The van der Waals surface area contributed by atoms with Crippen molar-refractivity contribution >= 4 is 44.2 Å². The van der Waals surface area contributed by atoms with E-state index in [2.05, 4.69) is 44.6 Å². The molecule has 0 aliphatic carbocycles. The minimum absolute atomic E-state index is 0.810. The summed E-state index contributed by atoms with van der Waals surface area (Å²) in [6.45, 7) is 2.03. The number of hydrogen-bond donors (Lipinski definition) is 1. The molecule has 0 aliphatic rings. The zero-order valence-corrected chi connectivity index (χ0v) is 9.23. The van der Waals surface area contributed by atoms with Crippen LogP contribution in [0.25, 0.3) is 0 Å². The van der Waals surface area contributed by atoms with Gasteiger partial charge in [-0.25, -0.2) is 0 Å². The van der Waals surface area contributed by atoms with Crippen molar-refractivity contribution in [3.63, 3.8) is 0 Å². The first-order valence-corrected chi connectivity index (χ1v) is 4.69. The topological polar surface area (TPSA) is 26.0 Å². The fourth-order valence-electron chi connectivity index (χ4n) is 0.751. The predicted octanol–water partition coefficient (Wildman–Crippen LogP) is 2.94. The maximum absolute atomic E-state index is 5.67. The van der Waals surface area contributed by atoms with Gasteiger partial charge in [0.25, 0.3) is 0 Å². The van der Waals surface area contributed by atoms with Crippen molar-refractivity contribution in [3.8, 4) is 0 Å². The largest absolute Gasteiger partial charge is 0.398 e. The molecular formula is C7H7BrIN. The molecular weight excluding hydrogens is 305 g/mol. The van der Waals surface area contributed by atoms with Crippen molar-refractivity contribution in [2.75, 3.05) is 5.73 Å². The number of anilines is 1. The molecule has 0 unspecified atom stereocenters. The number of hydrogen-bond acceptors (Lipinski definition) is 1. The van der Waals surface area contributed by atoms with Crippen LogP contribution < -0.4 is 5.73 Å². The van der Waals surface area contributed by atoms with Crippen LogP contribution in [0.5, 0.6) is 0 Å². The van der Waals surface area contributed by atoms with E-state index in [4.69, 9.17) is 5.73 Å². The molecule has 0 atom stereocenters. The average molecular weight is 312 g/mol. The van der Waals surface area contributed by atoms with Crippen molar-refractivity contribution in [2.45, 2.75) is 6.92 Å². The lowest BCUT2D eigenvalue weighted by Gasteiger charge is -2.01. The van der Waals surface area contributed by atoms with Crippen molar-refractivity contribution in [1.82, 2.24) is 0 Å². The summed E-state index contributed by atoms with van der Waals surface area (Å²) >= 11 is 5.63. The number of aryl methyl sites for hydroxylation is 1. The van der Waals surface area contributed by atoms with Gasteiger partial charge in [0.05, 0.1) is 4.47 Å². The lowest BCUT2D eigenvalue weighted by molar-refractivity contribution is 1.43. The first kappa shape index (κ1) is 8.33. The zero-order chi connectivity index (χ0) is 7.72. The van der Waals surface area contributed by atoms with Gasteiger partial charge in [0, 0.05) is 9.26 Å². The van der Waals surface area contributed by atoms with Crippen molar-refractivity contribution in [2.24, 2.45) is 0 Å². The Bertz CT molecular complexity index is 237. The standard InChI is InChI=1S/C7H7BrIN/c1-4-2-5(9)7(8)6(10)3-4/h2-3H,10H2,1H3. The molecule has 0 saturated heterocycles. The van der Waals surface area contributed by atoms with Crippen LogP contribution in [0.1, 0.15) is 5.56 Å². The first-order valence-electron chi connectivity index (χ1n) is 2.82. The third-order valence-corrected chi connectivity index (χ3v) is 3.68. The molecule has 1 aromatic carbocycles. The summed E-state index contributed by atoms with van der Waals surface area (Å²) in [7, 11) is 0. The average Bonchev–Trinajstić information content (AvgIpc) is 1.82. The van der Waals surface area contributed by atoms with Gasteiger partial charge in [-0.1, -0.05) is 0 Å². The Labute approximate surface area is 82.3 Å². The number of rotatable bonds is 0. The quantitative estimate of drug-likeness (QED) is 0.578. The Hall–Kier alpha value is 0.230. The van der Waals surface area contributed by atoms with Crippen LogP contribution in [0.4, 0.5) is 5.69 Å². The van der Waals surface area contributed by atoms with E-state index in [1.165, 1.54) is 5.56 Å². The van der Waals surface area contributed by atoms with E-state index in [1.54, 1.807) is 0 Å². The third-order valence-electron chi connectivity index (χ3n) is 1.20. The van der Waals surface area contributed by atoms with E-state index in [0.29, 0.717) is 0 Å². The molecule has 0 fully saturated rings. The van der Waals surface area contributed by atoms with Crippen LogP contribution in [-0.4, -0.2) is 0 Å². The number of halogens is 2. The summed E-state index contributed by atoms with van der Waals surface area (Å²) in [5, 5.41) is 0. The zero-order valence-electron chi connectivity index (χ0n) is 5.49. The Kier molecular flexibility index (Phi) is 2.57. The maximum Gasteiger partial charge on any atom is 0.0538 e. The number of nitrogens with two attached hydrogens (primary N) is 1. The maximum atomic E-state index is 5.67. The van der Waals surface area contributed by atoms with Crippen LogP contribution in [0.2, 0.25) is 0 Å². The van der Waals surface area contributed by atoms with Gasteiger partial charge in [0.1, 0.15) is 0 Å². The molecule has 1 rings (SSSR count). The van der Waals surface area contributed by atoms with Crippen LogP contribution in [0.15, 0.2) is 16.6 Å². The number of nitrogen functional groups attached to an aromatic ring is 1. The molecule has 0 heterocycles. The summed E-state index contributed by atoms with van der Waals surface area (Å²) in [4.78, 5) is 0. The van der Waals surface area contributed by atoms with Crippen LogP contribution in [0.3, 0.4) is 0 Å². The van der Waals surface area contributed by atoms with Crippen LogP contribution in [0, 0.1) is 10.5 Å². The Balaban J connectivity index is 3.31. The molecule has 1 nitrogen and oxygen atoms in total. The van der Waals surface area contributed by atoms with Crippen molar-refractivity contribution < 1.29 is 0 Å². The van der Waals surface area contributed by atoms with Gasteiger partial charge < -0.3 is 5.73 Å². The van der Waals surface area contributed by atoms with E-state index in [-0.39, 0.29) is 0 Å². The molecule has 1 aromatic rings. The Morgan fingerprint density at radius 3 is 2.60 bits per heavy atom. The second-order valence-electron chi connectivity index (χ2n) is 2.15. The second-order valence-corrected chi connectivity index (χ2v) is 4.11. The van der Waals surface area contributed by atoms with E-state index in [0.717, 1.165) is 13.7 Å². The first-order chi connectivity index (χ1) is 4.61. The van der Waals surface area contributed by atoms with Crippen molar-refractivity contribution in [1.29, 1.82) is 0 Å². The molecule has 3 heteroatoms. The summed E-state index contributed by atoms with van der Waals surface area (Å²) in [5.41, 5.74) is 7.68. The monoisotopic (exact) mass is 311 g/mol. The summed E-state index contributed by atoms with van der Waals surface area (Å²) < 4.78 is 2.16. The molecule has 0 spiro atoms. The fraction of sp³-hybridized carbons (Fsp3) is 0.143. The molecule has 10 heavy (non-hydrogen) atoms. The van der Waals surface area contributed by atoms with Gasteiger partial charge in [-0.15, -0.1) is 0 Å². The highest BCUT2D eigenvalue weighted by molar-refractivity contribution is 14.1. The molecule has 0 aromatic heterocycles. The smallest absolute Gasteiger partial charge is 0.0538 e. The molecule has 0 radical (unpaired) electrons. The second kappa shape index (κ2) is 3.09. The lowest BCUT2D eigenvalue weighted by Crippen LogP contribution is -1.89. The van der Waals surface area contributed by atoms with E-state index >= 15 is 0 Å².